The number of pyridine rings is 1. The first kappa shape index (κ1) is 16.9. The van der Waals surface area contributed by atoms with E-state index in [4.69, 9.17) is 4.74 Å². The lowest BCUT2D eigenvalue weighted by atomic mass is 9.99. The molecule has 4 heteroatoms. The van der Waals surface area contributed by atoms with Crippen LogP contribution in [-0.2, 0) is 0 Å². The molecule has 0 saturated carbocycles. The zero-order valence-corrected chi connectivity index (χ0v) is 14.5. The van der Waals surface area contributed by atoms with Crippen LogP contribution >= 0.6 is 0 Å². The van der Waals surface area contributed by atoms with Gasteiger partial charge in [0, 0.05) is 25.8 Å². The highest BCUT2D eigenvalue weighted by Gasteiger charge is 2.23. The average molecular weight is 326 g/mol. The predicted molar refractivity (Wildman–Crippen MR) is 95.2 cm³/mol. The fourth-order valence-electron chi connectivity index (χ4n) is 3.28. The summed E-state index contributed by atoms with van der Waals surface area (Å²) in [7, 11) is 0. The number of piperidine rings is 1. The van der Waals surface area contributed by atoms with Gasteiger partial charge in [0.05, 0.1) is 12.3 Å². The highest BCUT2D eigenvalue weighted by Crippen LogP contribution is 2.23. The number of aryl methyl sites for hydroxylation is 2. The maximum atomic E-state index is 10.6. The first-order valence-corrected chi connectivity index (χ1v) is 8.66. The third-order valence-corrected chi connectivity index (χ3v) is 4.70. The van der Waals surface area contributed by atoms with Crippen molar-refractivity contribution in [1.82, 2.24) is 9.88 Å². The number of aliphatic hydroxyl groups is 1. The Morgan fingerprint density at radius 1 is 1.25 bits per heavy atom. The summed E-state index contributed by atoms with van der Waals surface area (Å²) in [6.07, 6.45) is 5.29. The monoisotopic (exact) mass is 326 g/mol. The molecule has 4 nitrogen and oxygen atoms in total. The topological polar surface area (TPSA) is 45.6 Å². The van der Waals surface area contributed by atoms with Crippen LogP contribution in [-0.4, -0.2) is 40.7 Å². The molecule has 0 bridgehead atoms. The fourth-order valence-corrected chi connectivity index (χ4v) is 3.28. The zero-order valence-electron chi connectivity index (χ0n) is 14.5. The van der Waals surface area contributed by atoms with Crippen LogP contribution in [0.15, 0.2) is 42.7 Å². The Bertz CT molecular complexity index is 652. The third-order valence-electron chi connectivity index (χ3n) is 4.70. The summed E-state index contributed by atoms with van der Waals surface area (Å²) < 4.78 is 5.98. The van der Waals surface area contributed by atoms with Crippen LogP contribution in [0.5, 0.6) is 5.75 Å². The number of aliphatic hydroxyl groups excluding tert-OH is 1. The molecule has 0 radical (unpaired) electrons. The zero-order chi connectivity index (χ0) is 16.9. The van der Waals surface area contributed by atoms with E-state index < -0.39 is 6.10 Å². The van der Waals surface area contributed by atoms with E-state index >= 15 is 0 Å². The quantitative estimate of drug-likeness (QED) is 0.916. The highest BCUT2D eigenvalue weighted by molar-refractivity contribution is 5.32. The minimum atomic E-state index is -0.430. The lowest BCUT2D eigenvalue weighted by Crippen LogP contribution is -2.40. The minimum Gasteiger partial charge on any atom is -0.489 e. The van der Waals surface area contributed by atoms with E-state index in [1.807, 2.05) is 12.1 Å². The maximum absolute atomic E-state index is 10.6. The van der Waals surface area contributed by atoms with Crippen molar-refractivity contribution in [3.05, 3.63) is 59.4 Å². The Kier molecular flexibility index (Phi) is 5.48. The molecule has 1 aliphatic rings. The molecule has 0 aliphatic carbocycles. The third kappa shape index (κ3) is 4.34. The molecule has 128 valence electrons. The second-order valence-electron chi connectivity index (χ2n) is 6.68. The smallest absolute Gasteiger partial charge is 0.137 e. The first-order valence-electron chi connectivity index (χ1n) is 8.66. The molecular weight excluding hydrogens is 300 g/mol. The highest BCUT2D eigenvalue weighted by atomic mass is 16.5. The van der Waals surface area contributed by atoms with Crippen molar-refractivity contribution >= 4 is 0 Å². The SMILES string of the molecule is Cc1ccc(C)c(C(O)CN2CCC(Oc3cccnc3)CC2)c1. The van der Waals surface area contributed by atoms with Crippen molar-refractivity contribution in [2.75, 3.05) is 19.6 Å². The molecule has 2 aromatic rings. The molecule has 3 rings (SSSR count). The largest absolute Gasteiger partial charge is 0.489 e. The van der Waals surface area contributed by atoms with Gasteiger partial charge in [0.1, 0.15) is 11.9 Å². The van der Waals surface area contributed by atoms with Gasteiger partial charge in [-0.3, -0.25) is 4.98 Å². The molecule has 1 unspecified atom stereocenters. The van der Waals surface area contributed by atoms with Crippen LogP contribution < -0.4 is 4.74 Å². The van der Waals surface area contributed by atoms with Gasteiger partial charge in [-0.2, -0.15) is 0 Å². The van der Waals surface area contributed by atoms with E-state index in [-0.39, 0.29) is 6.10 Å². The van der Waals surface area contributed by atoms with Gasteiger partial charge in [0.15, 0.2) is 0 Å². The molecule has 1 atom stereocenters. The van der Waals surface area contributed by atoms with Gasteiger partial charge in [-0.05, 0) is 49.9 Å². The maximum Gasteiger partial charge on any atom is 0.137 e. The summed E-state index contributed by atoms with van der Waals surface area (Å²) in [5.41, 5.74) is 3.39. The van der Waals surface area contributed by atoms with Crippen LogP contribution in [0.3, 0.4) is 0 Å². The molecule has 1 N–H and O–H groups in total. The number of hydrogen-bond acceptors (Lipinski definition) is 4. The van der Waals surface area contributed by atoms with E-state index in [1.54, 1.807) is 12.4 Å². The van der Waals surface area contributed by atoms with Gasteiger partial charge in [0.25, 0.3) is 0 Å². The number of aromatic nitrogens is 1. The van der Waals surface area contributed by atoms with Crippen molar-refractivity contribution < 1.29 is 9.84 Å². The van der Waals surface area contributed by atoms with Crippen molar-refractivity contribution in [3.63, 3.8) is 0 Å². The van der Waals surface area contributed by atoms with E-state index in [2.05, 4.69) is 41.9 Å². The molecule has 1 saturated heterocycles. The molecule has 1 aromatic heterocycles. The normalized spacial score (nSPS) is 17.6. The number of benzene rings is 1. The van der Waals surface area contributed by atoms with Gasteiger partial charge < -0.3 is 14.7 Å². The van der Waals surface area contributed by atoms with E-state index in [0.29, 0.717) is 6.54 Å². The summed E-state index contributed by atoms with van der Waals surface area (Å²) in [6, 6.07) is 10.1. The van der Waals surface area contributed by atoms with Crippen LogP contribution in [0, 0.1) is 13.8 Å². The lowest BCUT2D eigenvalue weighted by Gasteiger charge is -2.33. The van der Waals surface area contributed by atoms with Gasteiger partial charge in [-0.1, -0.05) is 23.8 Å². The van der Waals surface area contributed by atoms with Crippen LogP contribution in [0.4, 0.5) is 0 Å². The molecule has 0 amide bonds. The Morgan fingerprint density at radius 2 is 2.04 bits per heavy atom. The second-order valence-corrected chi connectivity index (χ2v) is 6.68. The number of ether oxygens (including phenoxy) is 1. The average Bonchev–Trinajstić information content (AvgIpc) is 2.59. The number of likely N-dealkylation sites (tertiary alicyclic amines) is 1. The van der Waals surface area contributed by atoms with Crippen molar-refractivity contribution in [3.8, 4) is 5.75 Å². The Hall–Kier alpha value is -1.91. The number of hydrogen-bond donors (Lipinski definition) is 1. The summed E-state index contributed by atoms with van der Waals surface area (Å²) in [6.45, 7) is 6.71. The lowest BCUT2D eigenvalue weighted by molar-refractivity contribution is 0.0606. The summed E-state index contributed by atoms with van der Waals surface area (Å²) in [5.74, 6) is 0.839. The molecular formula is C20H26N2O2. The molecule has 1 fully saturated rings. The molecule has 1 aromatic carbocycles. The molecule has 2 heterocycles. The van der Waals surface area contributed by atoms with E-state index in [1.165, 1.54) is 5.56 Å². The van der Waals surface area contributed by atoms with Crippen LogP contribution in [0.25, 0.3) is 0 Å². The summed E-state index contributed by atoms with van der Waals surface area (Å²) in [5, 5.41) is 10.6. The van der Waals surface area contributed by atoms with Gasteiger partial charge in [-0.15, -0.1) is 0 Å². The predicted octanol–water partition coefficient (Wildman–Crippen LogP) is 3.28. The van der Waals surface area contributed by atoms with Crippen molar-refractivity contribution in [2.45, 2.75) is 38.9 Å². The van der Waals surface area contributed by atoms with E-state index in [0.717, 1.165) is 42.8 Å². The van der Waals surface area contributed by atoms with E-state index in [9.17, 15) is 5.11 Å². The standard InChI is InChI=1S/C20H26N2O2/c1-15-5-6-16(2)19(12-15)20(23)14-22-10-7-17(8-11-22)24-18-4-3-9-21-13-18/h3-6,9,12-13,17,20,23H,7-8,10-11,14H2,1-2H3. The molecule has 24 heavy (non-hydrogen) atoms. The second kappa shape index (κ2) is 7.77. The number of β-amino-alcohol motifs (C(OH)–C–C–N with tert-alkyl or cyclic N) is 1. The molecule has 1 aliphatic heterocycles. The first-order chi connectivity index (χ1) is 11.6. The van der Waals surface area contributed by atoms with Gasteiger partial charge in [-0.25, -0.2) is 0 Å². The fraction of sp³-hybridized carbons (Fsp3) is 0.450. The Labute approximate surface area is 144 Å². The Balaban J connectivity index is 1.51. The summed E-state index contributed by atoms with van der Waals surface area (Å²) >= 11 is 0. The minimum absolute atomic E-state index is 0.239. The van der Waals surface area contributed by atoms with Gasteiger partial charge >= 0.3 is 0 Å². The molecule has 0 spiro atoms. The van der Waals surface area contributed by atoms with Crippen molar-refractivity contribution in [1.29, 1.82) is 0 Å². The van der Waals surface area contributed by atoms with Crippen LogP contribution in [0.2, 0.25) is 0 Å². The van der Waals surface area contributed by atoms with Crippen LogP contribution in [0.1, 0.15) is 35.6 Å². The van der Waals surface area contributed by atoms with Crippen molar-refractivity contribution in [2.24, 2.45) is 0 Å². The Morgan fingerprint density at radius 3 is 2.75 bits per heavy atom. The number of rotatable bonds is 5. The van der Waals surface area contributed by atoms with Gasteiger partial charge in [0.2, 0.25) is 0 Å². The number of nitrogens with zero attached hydrogens (tertiary/aromatic N) is 2. The summed E-state index contributed by atoms with van der Waals surface area (Å²) in [4.78, 5) is 6.41.